The lowest BCUT2D eigenvalue weighted by Gasteiger charge is -2.28. The third-order valence-electron chi connectivity index (χ3n) is 5.53. The molecule has 3 heterocycles. The van der Waals surface area contributed by atoms with Gasteiger partial charge < -0.3 is 30.7 Å². The van der Waals surface area contributed by atoms with Crippen molar-refractivity contribution in [1.29, 1.82) is 5.26 Å². The Morgan fingerprint density at radius 3 is 2.57 bits per heavy atom. The highest BCUT2D eigenvalue weighted by Gasteiger charge is 2.23. The van der Waals surface area contributed by atoms with Crippen LogP contribution in [-0.2, 0) is 4.74 Å². The van der Waals surface area contributed by atoms with Crippen molar-refractivity contribution < 1.29 is 23.4 Å². The van der Waals surface area contributed by atoms with Gasteiger partial charge in [-0.3, -0.25) is 0 Å². The van der Waals surface area contributed by atoms with Crippen LogP contribution >= 0.6 is 0 Å². The number of hydrogen-bond donors (Lipinski definition) is 4. The zero-order valence-corrected chi connectivity index (χ0v) is 19.8. The number of anilines is 4. The number of aromatic nitrogens is 2. The van der Waals surface area contributed by atoms with Gasteiger partial charge in [-0.25, -0.2) is 23.5 Å². The zero-order valence-electron chi connectivity index (χ0n) is 19.8. The van der Waals surface area contributed by atoms with Crippen molar-refractivity contribution in [3.05, 3.63) is 35.5 Å². The van der Waals surface area contributed by atoms with Gasteiger partial charge in [0, 0.05) is 31.2 Å². The Kier molecular flexibility index (Phi) is 8.59. The van der Waals surface area contributed by atoms with Crippen LogP contribution < -0.4 is 20.9 Å². The molecule has 0 spiro atoms. The molecule has 0 aromatic carbocycles. The first-order valence-corrected chi connectivity index (χ1v) is 11.3. The lowest BCUT2D eigenvalue weighted by molar-refractivity contribution is 0.122. The molecule has 2 aromatic rings. The van der Waals surface area contributed by atoms with E-state index in [9.17, 15) is 18.8 Å². The molecule has 10 nitrogen and oxygen atoms in total. The Balaban J connectivity index is 1.91. The van der Waals surface area contributed by atoms with Gasteiger partial charge in [-0.2, -0.15) is 5.26 Å². The first-order valence-electron chi connectivity index (χ1n) is 11.3. The van der Waals surface area contributed by atoms with Gasteiger partial charge in [-0.05, 0) is 25.3 Å². The molecule has 4 N–H and O–H groups in total. The van der Waals surface area contributed by atoms with Crippen LogP contribution in [0.1, 0.15) is 32.8 Å². The Morgan fingerprint density at radius 2 is 1.94 bits per heavy atom. The van der Waals surface area contributed by atoms with Crippen molar-refractivity contribution in [1.82, 2.24) is 15.3 Å². The molecule has 1 aliphatic rings. The van der Waals surface area contributed by atoms with E-state index in [0.717, 1.165) is 12.3 Å². The lowest BCUT2D eigenvalue weighted by Crippen LogP contribution is -2.45. The van der Waals surface area contributed by atoms with Crippen LogP contribution in [0.3, 0.4) is 0 Å². The van der Waals surface area contributed by atoms with Gasteiger partial charge in [0.1, 0.15) is 11.9 Å². The van der Waals surface area contributed by atoms with E-state index in [2.05, 4.69) is 25.9 Å². The van der Waals surface area contributed by atoms with Crippen molar-refractivity contribution in [3.63, 3.8) is 0 Å². The maximum absolute atomic E-state index is 14.8. The molecule has 1 aliphatic heterocycles. The minimum atomic E-state index is -1.20. The number of ether oxygens (including phenoxy) is 1. The summed E-state index contributed by atoms with van der Waals surface area (Å²) in [5.41, 5.74) is -0.0861. The highest BCUT2D eigenvalue weighted by molar-refractivity contribution is 5.68. The van der Waals surface area contributed by atoms with E-state index in [4.69, 9.17) is 9.84 Å². The van der Waals surface area contributed by atoms with Gasteiger partial charge in [0.05, 0.1) is 30.7 Å². The molecule has 0 radical (unpaired) electrons. The van der Waals surface area contributed by atoms with Gasteiger partial charge in [-0.1, -0.05) is 13.8 Å². The number of halogens is 2. The van der Waals surface area contributed by atoms with E-state index >= 15 is 0 Å². The van der Waals surface area contributed by atoms with Gasteiger partial charge in [0.15, 0.2) is 23.3 Å². The fourth-order valence-electron chi connectivity index (χ4n) is 3.75. The van der Waals surface area contributed by atoms with Crippen LogP contribution in [0.25, 0.3) is 0 Å². The zero-order chi connectivity index (χ0) is 25.5. The molecule has 12 heteroatoms. The van der Waals surface area contributed by atoms with Crippen molar-refractivity contribution in [2.75, 3.05) is 41.8 Å². The summed E-state index contributed by atoms with van der Waals surface area (Å²) in [6.45, 7) is 7.83. The fourth-order valence-corrected chi connectivity index (χ4v) is 3.75. The van der Waals surface area contributed by atoms with E-state index in [0.29, 0.717) is 38.5 Å². The Labute approximate surface area is 202 Å². The van der Waals surface area contributed by atoms with Crippen LogP contribution in [0.4, 0.5) is 36.7 Å². The minimum absolute atomic E-state index is 0.0303. The van der Waals surface area contributed by atoms with Crippen molar-refractivity contribution >= 4 is 29.2 Å². The van der Waals surface area contributed by atoms with E-state index in [1.54, 1.807) is 6.92 Å². The fraction of sp³-hybridized carbons (Fsp3) is 0.478. The summed E-state index contributed by atoms with van der Waals surface area (Å²) in [7, 11) is 0. The summed E-state index contributed by atoms with van der Waals surface area (Å²) in [6, 6.07) is 3.32. The van der Waals surface area contributed by atoms with Crippen LogP contribution in [0.5, 0.6) is 0 Å². The van der Waals surface area contributed by atoms with E-state index < -0.39 is 29.8 Å². The third kappa shape index (κ3) is 6.89. The second-order valence-corrected chi connectivity index (χ2v) is 8.69. The summed E-state index contributed by atoms with van der Waals surface area (Å²) >= 11 is 0. The number of amides is 1. The number of carboxylic acid groups (broad SMARTS) is 1. The number of pyridine rings is 2. The third-order valence-corrected chi connectivity index (χ3v) is 5.53. The molecule has 1 amide bonds. The molecule has 2 aromatic heterocycles. The number of carbonyl (C=O) groups is 1. The van der Waals surface area contributed by atoms with Gasteiger partial charge in [-0.15, -0.1) is 0 Å². The molecule has 0 saturated carbocycles. The average Bonchev–Trinajstić information content (AvgIpc) is 2.81. The first-order chi connectivity index (χ1) is 16.7. The van der Waals surface area contributed by atoms with Crippen LogP contribution in [0, 0.1) is 28.9 Å². The van der Waals surface area contributed by atoms with Gasteiger partial charge in [0.25, 0.3) is 0 Å². The Morgan fingerprint density at radius 1 is 1.23 bits per heavy atom. The second kappa shape index (κ2) is 11.6. The summed E-state index contributed by atoms with van der Waals surface area (Å²) in [5.74, 6) is -0.970. The number of rotatable bonds is 9. The maximum Gasteiger partial charge on any atom is 0.404 e. The number of hydrogen-bond acceptors (Lipinski definition) is 8. The average molecular weight is 490 g/mol. The molecule has 188 valence electrons. The highest BCUT2D eigenvalue weighted by atomic mass is 19.1. The predicted octanol–water partition coefficient (Wildman–Crippen LogP) is 3.69. The van der Waals surface area contributed by atoms with Crippen molar-refractivity contribution in [2.45, 2.75) is 39.3 Å². The summed E-state index contributed by atoms with van der Waals surface area (Å²) in [4.78, 5) is 21.4. The van der Waals surface area contributed by atoms with E-state index in [1.807, 2.05) is 24.8 Å². The van der Waals surface area contributed by atoms with Gasteiger partial charge in [0.2, 0.25) is 0 Å². The molecule has 1 saturated heterocycles. The monoisotopic (exact) mass is 489 g/mol. The second-order valence-electron chi connectivity index (χ2n) is 8.69. The molecule has 2 atom stereocenters. The quantitative estimate of drug-likeness (QED) is 0.416. The van der Waals surface area contributed by atoms with E-state index in [1.165, 1.54) is 6.07 Å². The largest absolute Gasteiger partial charge is 0.465 e. The minimum Gasteiger partial charge on any atom is -0.465 e. The molecule has 3 rings (SSSR count). The van der Waals surface area contributed by atoms with Crippen LogP contribution in [-0.4, -0.2) is 59.6 Å². The summed E-state index contributed by atoms with van der Waals surface area (Å²) in [6.07, 6.45) is 0.389. The number of nitriles is 1. The molecular formula is C23H29F2N7O3. The first kappa shape index (κ1) is 25.9. The molecule has 0 unspecified atom stereocenters. The standard InChI is InChI=1S/C23H29F2N7O3/c1-13(2)8-18(14(3)28-23(33)34)29-22-16(24)9-15(11-26)21(31-22)30-19-10-20(27-12-17(19)25)32-4-6-35-7-5-32/h9-10,12-14,18,28H,4-8H2,1-3H3,(H,33,34)(H2,27,29,30,31)/t14-,18+/m0/s1. The predicted molar refractivity (Wildman–Crippen MR) is 127 cm³/mol. The maximum atomic E-state index is 14.8. The number of nitrogens with zero attached hydrogens (tertiary/aromatic N) is 4. The molecular weight excluding hydrogens is 460 g/mol. The lowest BCUT2D eigenvalue weighted by atomic mass is 9.98. The SMILES string of the molecule is CC(C)C[C@@H](Nc1nc(Nc2cc(N3CCOCC3)ncc2F)c(C#N)cc1F)[C@H](C)NC(=O)O. The molecule has 1 fully saturated rings. The van der Waals surface area contributed by atoms with Crippen molar-refractivity contribution in [3.8, 4) is 6.07 Å². The number of nitrogens with one attached hydrogen (secondary N) is 3. The normalized spacial score (nSPS) is 15.3. The topological polar surface area (TPSA) is 135 Å². The summed E-state index contributed by atoms with van der Waals surface area (Å²) < 4.78 is 34.7. The Hall–Kier alpha value is -3.72. The van der Waals surface area contributed by atoms with Crippen LogP contribution in [0.15, 0.2) is 18.3 Å². The molecule has 0 bridgehead atoms. The molecule has 0 aliphatic carbocycles. The summed E-state index contributed by atoms with van der Waals surface area (Å²) in [5, 5.41) is 26.7. The number of morpholine rings is 1. The van der Waals surface area contributed by atoms with Crippen molar-refractivity contribution in [2.24, 2.45) is 5.92 Å². The highest BCUT2D eigenvalue weighted by Crippen LogP contribution is 2.28. The van der Waals surface area contributed by atoms with Gasteiger partial charge >= 0.3 is 6.09 Å². The Bertz CT molecular complexity index is 1090. The van der Waals surface area contributed by atoms with E-state index in [-0.39, 0.29) is 28.8 Å². The van der Waals surface area contributed by atoms with Crippen LogP contribution in [0.2, 0.25) is 0 Å². The molecule has 35 heavy (non-hydrogen) atoms. The smallest absolute Gasteiger partial charge is 0.404 e.